The van der Waals surface area contributed by atoms with Crippen LogP contribution in [0.25, 0.3) is 16.5 Å². The van der Waals surface area contributed by atoms with Crippen LogP contribution >= 0.6 is 0 Å². The molecular formula is C17H16N2O3. The maximum absolute atomic E-state index is 11.3. The van der Waals surface area contributed by atoms with Gasteiger partial charge in [-0.2, -0.15) is 5.10 Å². The summed E-state index contributed by atoms with van der Waals surface area (Å²) in [6.07, 6.45) is 1.59. The van der Waals surface area contributed by atoms with Crippen molar-refractivity contribution in [3.63, 3.8) is 0 Å². The van der Waals surface area contributed by atoms with Crippen molar-refractivity contribution in [3.8, 4) is 11.6 Å². The van der Waals surface area contributed by atoms with Gasteiger partial charge in [0.2, 0.25) is 11.5 Å². The summed E-state index contributed by atoms with van der Waals surface area (Å²) < 4.78 is 7.26. The fourth-order valence-corrected chi connectivity index (χ4v) is 2.25. The summed E-state index contributed by atoms with van der Waals surface area (Å²) in [5.41, 5.74) is -0.484. The molecule has 0 fully saturated rings. The van der Waals surface area contributed by atoms with E-state index in [2.05, 4.69) is 5.10 Å². The first kappa shape index (κ1) is 14.1. The predicted octanol–water partition coefficient (Wildman–Crippen LogP) is 3.27. The first-order chi connectivity index (χ1) is 10.5. The Labute approximate surface area is 127 Å². The van der Waals surface area contributed by atoms with Crippen LogP contribution in [0.1, 0.15) is 13.8 Å². The van der Waals surface area contributed by atoms with Crippen molar-refractivity contribution < 1.29 is 14.6 Å². The lowest BCUT2D eigenvalue weighted by Gasteiger charge is -2.22. The summed E-state index contributed by atoms with van der Waals surface area (Å²) in [5, 5.41) is 15.6. The van der Waals surface area contributed by atoms with Gasteiger partial charge in [0, 0.05) is 11.5 Å². The third kappa shape index (κ3) is 2.41. The van der Waals surface area contributed by atoms with E-state index >= 15 is 0 Å². The fraction of sp³-hybridized carbons (Fsp3) is 0.176. The fourth-order valence-electron chi connectivity index (χ4n) is 2.25. The Morgan fingerprint density at radius 3 is 2.64 bits per heavy atom. The Kier molecular flexibility index (Phi) is 3.33. The van der Waals surface area contributed by atoms with E-state index < -0.39 is 11.6 Å². The van der Waals surface area contributed by atoms with Gasteiger partial charge in [0.05, 0.1) is 11.9 Å². The summed E-state index contributed by atoms with van der Waals surface area (Å²) in [5.74, 6) is -0.637. The summed E-state index contributed by atoms with van der Waals surface area (Å²) in [6.45, 7) is 3.02. The summed E-state index contributed by atoms with van der Waals surface area (Å²) in [6, 6.07) is 15.5. The zero-order chi connectivity index (χ0) is 15.7. The van der Waals surface area contributed by atoms with E-state index in [1.54, 1.807) is 16.9 Å². The van der Waals surface area contributed by atoms with Gasteiger partial charge in [-0.3, -0.25) is 0 Å². The van der Waals surface area contributed by atoms with Crippen molar-refractivity contribution in [2.45, 2.75) is 19.4 Å². The highest BCUT2D eigenvalue weighted by Gasteiger charge is 2.30. The average molecular weight is 296 g/mol. The van der Waals surface area contributed by atoms with Crippen LogP contribution in [0, 0.1) is 0 Å². The maximum Gasteiger partial charge on any atom is 0.347 e. The molecular weight excluding hydrogens is 280 g/mol. The molecule has 0 saturated carbocycles. The van der Waals surface area contributed by atoms with Gasteiger partial charge in [-0.1, -0.05) is 36.4 Å². The van der Waals surface area contributed by atoms with Crippen molar-refractivity contribution in [1.82, 2.24) is 9.78 Å². The molecule has 0 saturated heterocycles. The number of rotatable bonds is 4. The first-order valence-corrected chi connectivity index (χ1v) is 6.93. The lowest BCUT2D eigenvalue weighted by molar-refractivity contribution is -0.152. The lowest BCUT2D eigenvalue weighted by atomic mass is 10.1. The minimum Gasteiger partial charge on any atom is -0.478 e. The third-order valence-corrected chi connectivity index (χ3v) is 3.48. The number of aromatic nitrogens is 2. The van der Waals surface area contributed by atoms with E-state index in [-0.39, 0.29) is 0 Å². The van der Waals surface area contributed by atoms with Crippen LogP contribution < -0.4 is 4.74 Å². The molecule has 0 amide bonds. The number of nitrogens with zero attached hydrogens (tertiary/aromatic N) is 2. The number of carbonyl (C=O) groups is 1. The highest BCUT2D eigenvalue weighted by molar-refractivity contribution is 5.90. The highest BCUT2D eigenvalue weighted by atomic mass is 16.5. The summed E-state index contributed by atoms with van der Waals surface area (Å²) >= 11 is 0. The quantitative estimate of drug-likeness (QED) is 0.802. The normalized spacial score (nSPS) is 11.5. The number of carboxylic acids is 1. The summed E-state index contributed by atoms with van der Waals surface area (Å²) in [7, 11) is 0. The van der Waals surface area contributed by atoms with Gasteiger partial charge < -0.3 is 9.84 Å². The van der Waals surface area contributed by atoms with Crippen molar-refractivity contribution in [2.24, 2.45) is 0 Å². The van der Waals surface area contributed by atoms with Crippen LogP contribution in [0.15, 0.2) is 54.7 Å². The molecule has 0 aliphatic carbocycles. The third-order valence-electron chi connectivity index (χ3n) is 3.48. The number of hydrogen-bond acceptors (Lipinski definition) is 3. The van der Waals surface area contributed by atoms with E-state index in [0.29, 0.717) is 5.88 Å². The van der Waals surface area contributed by atoms with Crippen LogP contribution in [-0.2, 0) is 4.79 Å². The minimum absolute atomic E-state index is 0.392. The van der Waals surface area contributed by atoms with Gasteiger partial charge in [-0.15, -0.1) is 0 Å². The highest BCUT2D eigenvalue weighted by Crippen LogP contribution is 2.27. The smallest absolute Gasteiger partial charge is 0.347 e. The summed E-state index contributed by atoms with van der Waals surface area (Å²) in [4.78, 5) is 11.3. The van der Waals surface area contributed by atoms with E-state index in [4.69, 9.17) is 4.74 Å². The van der Waals surface area contributed by atoms with Crippen molar-refractivity contribution in [1.29, 1.82) is 0 Å². The average Bonchev–Trinajstić information content (AvgIpc) is 2.93. The molecule has 112 valence electrons. The number of hydrogen-bond donors (Lipinski definition) is 1. The Hall–Kier alpha value is -2.82. The monoisotopic (exact) mass is 296 g/mol. The molecule has 0 spiro atoms. The number of benzene rings is 2. The molecule has 5 heteroatoms. The molecule has 0 aliphatic rings. The van der Waals surface area contributed by atoms with Crippen molar-refractivity contribution in [2.75, 3.05) is 0 Å². The second kappa shape index (κ2) is 5.18. The predicted molar refractivity (Wildman–Crippen MR) is 83.4 cm³/mol. The largest absolute Gasteiger partial charge is 0.478 e. The van der Waals surface area contributed by atoms with Crippen LogP contribution in [0.3, 0.4) is 0 Å². The van der Waals surface area contributed by atoms with Gasteiger partial charge in [0.25, 0.3) is 0 Å². The molecule has 22 heavy (non-hydrogen) atoms. The zero-order valence-corrected chi connectivity index (χ0v) is 12.4. The first-order valence-electron chi connectivity index (χ1n) is 6.93. The molecule has 5 nitrogen and oxygen atoms in total. The van der Waals surface area contributed by atoms with Gasteiger partial charge in [-0.25, -0.2) is 9.48 Å². The molecule has 3 rings (SSSR count). The van der Waals surface area contributed by atoms with E-state index in [1.807, 2.05) is 42.5 Å². The SMILES string of the molecule is CC(C)(Oc1ccnn1-c1cccc2ccccc12)C(=O)O. The number of aliphatic carboxylic acids is 1. The number of fused-ring (bicyclic) bond motifs is 1. The lowest BCUT2D eigenvalue weighted by Crippen LogP contribution is -2.38. The Morgan fingerprint density at radius 1 is 1.14 bits per heavy atom. The molecule has 3 aromatic rings. The van der Waals surface area contributed by atoms with E-state index in [0.717, 1.165) is 16.5 Å². The topological polar surface area (TPSA) is 64.4 Å². The molecule has 1 N–H and O–H groups in total. The van der Waals surface area contributed by atoms with Crippen LogP contribution in [0.2, 0.25) is 0 Å². The zero-order valence-electron chi connectivity index (χ0n) is 12.4. The van der Waals surface area contributed by atoms with Gasteiger partial charge >= 0.3 is 5.97 Å². The minimum atomic E-state index is -1.33. The Morgan fingerprint density at radius 2 is 1.86 bits per heavy atom. The number of ether oxygens (including phenoxy) is 1. The second-order valence-electron chi connectivity index (χ2n) is 5.50. The van der Waals surface area contributed by atoms with Crippen molar-refractivity contribution >= 4 is 16.7 Å². The molecule has 1 aromatic heterocycles. The maximum atomic E-state index is 11.3. The molecule has 2 aromatic carbocycles. The molecule has 0 radical (unpaired) electrons. The molecule has 1 heterocycles. The molecule has 0 unspecified atom stereocenters. The van der Waals surface area contributed by atoms with Gasteiger partial charge in [0.1, 0.15) is 0 Å². The van der Waals surface area contributed by atoms with Crippen LogP contribution in [0.5, 0.6) is 5.88 Å². The second-order valence-corrected chi connectivity index (χ2v) is 5.50. The molecule has 0 atom stereocenters. The number of carboxylic acid groups (broad SMARTS) is 1. The van der Waals surface area contributed by atoms with E-state index in [1.165, 1.54) is 13.8 Å². The molecule has 0 bridgehead atoms. The Balaban J connectivity index is 2.10. The Bertz CT molecular complexity index is 831. The van der Waals surface area contributed by atoms with Crippen molar-refractivity contribution in [3.05, 3.63) is 54.7 Å². The standard InChI is InChI=1S/C17H16N2O3/c1-17(2,16(20)21)22-15-10-11-18-19(15)14-9-5-7-12-6-3-4-8-13(12)14/h3-11H,1-2H3,(H,20,21). The van der Waals surface area contributed by atoms with Crippen LogP contribution in [-0.4, -0.2) is 26.5 Å². The van der Waals surface area contributed by atoms with Gasteiger partial charge in [-0.05, 0) is 25.3 Å². The van der Waals surface area contributed by atoms with Gasteiger partial charge in [0.15, 0.2) is 0 Å². The van der Waals surface area contributed by atoms with Crippen LogP contribution in [0.4, 0.5) is 0 Å². The van der Waals surface area contributed by atoms with E-state index in [9.17, 15) is 9.90 Å². The molecule has 0 aliphatic heterocycles.